The van der Waals surface area contributed by atoms with Crippen LogP contribution >= 0.6 is 0 Å². The molecule has 2 unspecified atom stereocenters. The van der Waals surface area contributed by atoms with E-state index in [9.17, 15) is 9.59 Å². The monoisotopic (exact) mass is 470 g/mol. The molecule has 1 aromatic heterocycles. The Bertz CT molecular complexity index is 1310. The number of imidazole rings is 1. The van der Waals surface area contributed by atoms with Crippen LogP contribution in [0.5, 0.6) is 5.75 Å². The third kappa shape index (κ3) is 5.32. The van der Waals surface area contributed by atoms with Gasteiger partial charge in [0.05, 0.1) is 11.0 Å². The van der Waals surface area contributed by atoms with E-state index in [1.165, 1.54) is 0 Å². The first-order valence-corrected chi connectivity index (χ1v) is 11.4. The van der Waals surface area contributed by atoms with Crippen molar-refractivity contribution < 1.29 is 14.3 Å². The van der Waals surface area contributed by atoms with Crippen molar-refractivity contribution in [1.29, 1.82) is 0 Å². The summed E-state index contributed by atoms with van der Waals surface area (Å²) in [7, 11) is 0. The van der Waals surface area contributed by atoms with Crippen molar-refractivity contribution in [3.05, 3.63) is 96.3 Å². The molecule has 3 aromatic carbocycles. The van der Waals surface area contributed by atoms with E-state index in [2.05, 4.69) is 26.7 Å². The molecular formula is C26H26N6O3. The summed E-state index contributed by atoms with van der Waals surface area (Å²) in [5.41, 5.74) is 13.9. The number of benzene rings is 3. The van der Waals surface area contributed by atoms with Crippen molar-refractivity contribution in [3.63, 3.8) is 0 Å². The first kappa shape index (κ1) is 22.6. The van der Waals surface area contributed by atoms with Gasteiger partial charge in [-0.1, -0.05) is 60.7 Å². The lowest BCUT2D eigenvalue weighted by atomic mass is 10.0. The van der Waals surface area contributed by atoms with Gasteiger partial charge >= 0.3 is 0 Å². The van der Waals surface area contributed by atoms with Gasteiger partial charge in [0.2, 0.25) is 0 Å². The predicted octanol–water partition coefficient (Wildman–Crippen LogP) is 2.37. The molecule has 178 valence electrons. The number of carbonyl (C=O) groups is 2. The summed E-state index contributed by atoms with van der Waals surface area (Å²) in [6, 6.07) is 26.5. The number of aromatic nitrogens is 2. The normalized spacial score (nSPS) is 17.3. The van der Waals surface area contributed by atoms with Gasteiger partial charge in [-0.05, 0) is 36.2 Å². The van der Waals surface area contributed by atoms with Gasteiger partial charge in [-0.15, -0.1) is 0 Å². The van der Waals surface area contributed by atoms with Gasteiger partial charge in [0.1, 0.15) is 30.8 Å². The number of amides is 2. The van der Waals surface area contributed by atoms with Crippen LogP contribution in [0.25, 0.3) is 11.0 Å². The van der Waals surface area contributed by atoms with E-state index in [-0.39, 0.29) is 31.0 Å². The van der Waals surface area contributed by atoms with Gasteiger partial charge in [0.15, 0.2) is 0 Å². The molecule has 1 fully saturated rings. The minimum Gasteiger partial charge on any atom is -0.486 e. The number of rotatable bonds is 7. The maximum Gasteiger partial charge on any atom is 0.258 e. The molecule has 9 heteroatoms. The molecule has 0 radical (unpaired) electrons. The average molecular weight is 471 g/mol. The molecule has 4 N–H and O–H groups in total. The maximum atomic E-state index is 12.7. The van der Waals surface area contributed by atoms with Crippen LogP contribution in [0.2, 0.25) is 0 Å². The highest BCUT2D eigenvalue weighted by atomic mass is 16.5. The Morgan fingerprint density at radius 2 is 1.63 bits per heavy atom. The number of carbonyl (C=O) groups excluding carboxylic acids is 2. The third-order valence-corrected chi connectivity index (χ3v) is 5.89. The summed E-state index contributed by atoms with van der Waals surface area (Å²) in [6.07, 6.45) is 0.568. The minimum atomic E-state index is -0.468. The second-order valence-electron chi connectivity index (χ2n) is 8.28. The summed E-state index contributed by atoms with van der Waals surface area (Å²) in [5.74, 6) is 0.652. The van der Waals surface area contributed by atoms with E-state index in [0.717, 1.165) is 16.6 Å². The molecule has 9 nitrogen and oxygen atoms in total. The fourth-order valence-corrected chi connectivity index (χ4v) is 4.11. The molecule has 5 rings (SSSR count). The molecule has 0 bridgehead atoms. The van der Waals surface area contributed by atoms with Crippen LogP contribution in [0, 0.1) is 0 Å². The minimum absolute atomic E-state index is 0.0166. The molecular weight excluding hydrogens is 444 g/mol. The molecule has 0 spiro atoms. The largest absolute Gasteiger partial charge is 0.486 e. The number of hydrogen-bond acceptors (Lipinski definition) is 6. The van der Waals surface area contributed by atoms with Gasteiger partial charge in [0, 0.05) is 6.04 Å². The number of para-hydroxylation sites is 3. The zero-order valence-electron chi connectivity index (χ0n) is 19.0. The lowest BCUT2D eigenvalue weighted by Crippen LogP contribution is -2.50. The van der Waals surface area contributed by atoms with Crippen molar-refractivity contribution in [2.24, 2.45) is 0 Å². The van der Waals surface area contributed by atoms with Crippen LogP contribution in [-0.2, 0) is 22.7 Å². The Hall–Kier alpha value is -4.21. The number of nitrogens with zero attached hydrogens (tertiary/aromatic N) is 2. The second kappa shape index (κ2) is 10.4. The molecule has 2 heterocycles. The van der Waals surface area contributed by atoms with E-state index >= 15 is 0 Å². The van der Waals surface area contributed by atoms with Crippen LogP contribution in [0.15, 0.2) is 84.9 Å². The topological polar surface area (TPSA) is 109 Å². The van der Waals surface area contributed by atoms with Crippen molar-refractivity contribution in [1.82, 2.24) is 31.3 Å². The van der Waals surface area contributed by atoms with Crippen LogP contribution in [0.1, 0.15) is 23.9 Å². The van der Waals surface area contributed by atoms with Crippen LogP contribution in [-0.4, -0.2) is 27.4 Å². The third-order valence-electron chi connectivity index (χ3n) is 5.89. The molecule has 1 saturated heterocycles. The summed E-state index contributed by atoms with van der Waals surface area (Å²) in [4.78, 5) is 30.0. The zero-order chi connectivity index (χ0) is 24.0. The lowest BCUT2D eigenvalue weighted by Gasteiger charge is -2.13. The summed E-state index contributed by atoms with van der Waals surface area (Å²) in [5, 5.41) is 0. The van der Waals surface area contributed by atoms with E-state index < -0.39 is 6.04 Å². The van der Waals surface area contributed by atoms with Crippen LogP contribution in [0.4, 0.5) is 0 Å². The first-order valence-electron chi connectivity index (χ1n) is 11.4. The predicted molar refractivity (Wildman–Crippen MR) is 131 cm³/mol. The maximum absolute atomic E-state index is 12.7. The molecule has 35 heavy (non-hydrogen) atoms. The standard InChI is InChI=1S/C26H26N6O3/c33-25(30-31-26(34)22-15-21(28-29-22)18-9-3-1-4-10-18)16-32-23-14-8-7-13-20(23)27-24(32)17-35-19-11-5-2-6-12-19/h1-14,21-22,28-29H,15-17H2,(H,30,33)(H,31,34). The molecule has 0 saturated carbocycles. The number of hydrazine groups is 2. The average Bonchev–Trinajstić information content (AvgIpc) is 3.53. The lowest BCUT2D eigenvalue weighted by molar-refractivity contribution is -0.130. The second-order valence-corrected chi connectivity index (χ2v) is 8.28. The zero-order valence-corrected chi connectivity index (χ0v) is 19.0. The molecule has 1 aliphatic heterocycles. The Morgan fingerprint density at radius 3 is 2.43 bits per heavy atom. The number of ether oxygens (including phenoxy) is 1. The van der Waals surface area contributed by atoms with Gasteiger partial charge in [-0.25, -0.2) is 15.8 Å². The van der Waals surface area contributed by atoms with Crippen LogP contribution in [0.3, 0.4) is 0 Å². The van der Waals surface area contributed by atoms with E-state index in [1.807, 2.05) is 84.9 Å². The molecule has 1 aliphatic rings. The van der Waals surface area contributed by atoms with Crippen molar-refractivity contribution in [2.45, 2.75) is 31.7 Å². The highest BCUT2D eigenvalue weighted by Crippen LogP contribution is 2.22. The van der Waals surface area contributed by atoms with Crippen molar-refractivity contribution in [2.75, 3.05) is 0 Å². The quantitative estimate of drug-likeness (QED) is 0.309. The SMILES string of the molecule is O=C(Cn1c(COc2ccccc2)nc2ccccc21)NNC(=O)C1CC(c2ccccc2)NN1. The summed E-state index contributed by atoms with van der Waals surface area (Å²) in [6.45, 7) is 0.189. The smallest absolute Gasteiger partial charge is 0.258 e. The number of nitrogens with one attached hydrogen (secondary N) is 4. The Labute approximate surface area is 202 Å². The van der Waals surface area contributed by atoms with Gasteiger partial charge in [-0.3, -0.25) is 20.4 Å². The Balaban J connectivity index is 1.20. The van der Waals surface area contributed by atoms with Gasteiger partial charge in [-0.2, -0.15) is 0 Å². The Kier molecular flexibility index (Phi) is 6.69. The highest BCUT2D eigenvalue weighted by molar-refractivity contribution is 5.86. The van der Waals surface area contributed by atoms with E-state index in [1.54, 1.807) is 4.57 Å². The van der Waals surface area contributed by atoms with Gasteiger partial charge < -0.3 is 9.30 Å². The fraction of sp³-hybridized carbons (Fsp3) is 0.192. The fourth-order valence-electron chi connectivity index (χ4n) is 4.11. The molecule has 4 aromatic rings. The van der Waals surface area contributed by atoms with Gasteiger partial charge in [0.25, 0.3) is 11.8 Å². The van der Waals surface area contributed by atoms with Crippen molar-refractivity contribution in [3.8, 4) is 5.75 Å². The number of hydrogen-bond donors (Lipinski definition) is 4. The van der Waals surface area contributed by atoms with E-state index in [4.69, 9.17) is 4.74 Å². The summed E-state index contributed by atoms with van der Waals surface area (Å²) < 4.78 is 7.65. The molecule has 2 amide bonds. The van der Waals surface area contributed by atoms with Crippen LogP contribution < -0.4 is 26.4 Å². The van der Waals surface area contributed by atoms with Crippen molar-refractivity contribution >= 4 is 22.8 Å². The number of fused-ring (bicyclic) bond motifs is 1. The first-order chi connectivity index (χ1) is 17.2. The summed E-state index contributed by atoms with van der Waals surface area (Å²) >= 11 is 0. The Morgan fingerprint density at radius 1 is 0.914 bits per heavy atom. The highest BCUT2D eigenvalue weighted by Gasteiger charge is 2.30. The molecule has 2 atom stereocenters. The van der Waals surface area contributed by atoms with E-state index in [0.29, 0.717) is 18.0 Å². The molecule has 0 aliphatic carbocycles.